The van der Waals surface area contributed by atoms with Crippen molar-refractivity contribution >= 4 is 23.5 Å². The Bertz CT molecular complexity index is 372. The molecule has 0 N–H and O–H groups in total. The molecule has 0 atom stereocenters. The molecule has 0 spiro atoms. The van der Waals surface area contributed by atoms with E-state index in [2.05, 4.69) is 49.8 Å². The van der Waals surface area contributed by atoms with Crippen LogP contribution in [-0.2, 0) is 5.41 Å². The lowest BCUT2D eigenvalue weighted by molar-refractivity contribution is 0.587. The fraction of sp³-hybridized carbons (Fsp3) is 0.333. The second kappa shape index (κ2) is 3.67. The van der Waals surface area contributed by atoms with Crippen LogP contribution in [0.2, 0.25) is 0 Å². The Hall–Kier alpha value is -0.340. The van der Waals surface area contributed by atoms with Gasteiger partial charge >= 0.3 is 0 Å². The van der Waals surface area contributed by atoms with Gasteiger partial charge in [0, 0.05) is 9.79 Å². The van der Waals surface area contributed by atoms with Gasteiger partial charge in [-0.25, -0.2) is 0 Å². The predicted molar refractivity (Wildman–Crippen MR) is 66.0 cm³/mol. The zero-order valence-corrected chi connectivity index (χ0v) is 10.3. The zero-order valence-electron chi connectivity index (χ0n) is 8.70. The van der Waals surface area contributed by atoms with Gasteiger partial charge in [-0.3, -0.25) is 0 Å². The summed E-state index contributed by atoms with van der Waals surface area (Å²) < 4.78 is 0. The first-order valence-electron chi connectivity index (χ1n) is 4.70. The van der Waals surface area contributed by atoms with Crippen LogP contribution in [-0.4, -0.2) is 0 Å². The first-order valence-corrected chi connectivity index (χ1v) is 6.46. The summed E-state index contributed by atoms with van der Waals surface area (Å²) in [5, 5.41) is 4.29. The van der Waals surface area contributed by atoms with E-state index in [-0.39, 0.29) is 5.41 Å². The van der Waals surface area contributed by atoms with Crippen LogP contribution < -0.4 is 0 Å². The Morgan fingerprint density at radius 1 is 0.929 bits per heavy atom. The van der Waals surface area contributed by atoms with Crippen molar-refractivity contribution in [2.24, 2.45) is 0 Å². The minimum Gasteiger partial charge on any atom is -0.0963 e. The number of rotatable bonds is 0. The smallest absolute Gasteiger partial charge is 0.0258 e. The van der Waals surface area contributed by atoms with E-state index in [1.54, 1.807) is 11.8 Å². The Kier molecular flexibility index (Phi) is 2.67. The van der Waals surface area contributed by atoms with Crippen LogP contribution in [0.25, 0.3) is 0 Å². The van der Waals surface area contributed by atoms with Gasteiger partial charge in [-0.1, -0.05) is 50.4 Å². The molecule has 0 bridgehead atoms. The highest BCUT2D eigenvalue weighted by molar-refractivity contribution is 8.08. The summed E-state index contributed by atoms with van der Waals surface area (Å²) in [4.78, 5) is 2.77. The van der Waals surface area contributed by atoms with Crippen molar-refractivity contribution in [3.05, 3.63) is 34.6 Å². The molecule has 1 aromatic rings. The average Bonchev–Trinajstić information content (AvgIpc) is 2.16. The van der Waals surface area contributed by atoms with Gasteiger partial charge in [0.15, 0.2) is 0 Å². The van der Waals surface area contributed by atoms with Crippen molar-refractivity contribution < 1.29 is 0 Å². The van der Waals surface area contributed by atoms with Crippen LogP contribution in [0.15, 0.2) is 38.8 Å². The molecule has 14 heavy (non-hydrogen) atoms. The van der Waals surface area contributed by atoms with E-state index in [0.29, 0.717) is 0 Å². The van der Waals surface area contributed by atoms with Crippen LogP contribution in [0.1, 0.15) is 26.3 Å². The molecule has 1 heterocycles. The number of hydrogen-bond donors (Lipinski definition) is 0. The largest absolute Gasteiger partial charge is 0.0963 e. The molecule has 0 aromatic heterocycles. The quantitative estimate of drug-likeness (QED) is 0.626. The van der Waals surface area contributed by atoms with Crippen LogP contribution in [0.3, 0.4) is 0 Å². The van der Waals surface area contributed by atoms with Crippen LogP contribution in [0.4, 0.5) is 0 Å². The molecule has 0 nitrogen and oxygen atoms in total. The maximum absolute atomic E-state index is 2.32. The standard InChI is InChI=1S/C12H14S2/c1-12(2,3)9-4-5-10-11(8-9)14-7-6-13-10/h4-8H,1-3H3. The number of benzene rings is 1. The van der Waals surface area contributed by atoms with E-state index in [9.17, 15) is 0 Å². The third-order valence-electron chi connectivity index (χ3n) is 2.26. The maximum Gasteiger partial charge on any atom is 0.0258 e. The second-order valence-electron chi connectivity index (χ2n) is 4.42. The van der Waals surface area contributed by atoms with Gasteiger partial charge < -0.3 is 0 Å². The van der Waals surface area contributed by atoms with Gasteiger partial charge in [-0.15, -0.1) is 0 Å². The molecule has 0 saturated carbocycles. The summed E-state index contributed by atoms with van der Waals surface area (Å²) in [5.74, 6) is 0. The van der Waals surface area contributed by atoms with E-state index in [0.717, 1.165) is 0 Å². The fourth-order valence-electron chi connectivity index (χ4n) is 1.37. The summed E-state index contributed by atoms with van der Waals surface area (Å²) >= 11 is 3.62. The summed E-state index contributed by atoms with van der Waals surface area (Å²) in [6, 6.07) is 6.79. The molecule has 0 amide bonds. The maximum atomic E-state index is 2.32. The van der Waals surface area contributed by atoms with Crippen LogP contribution >= 0.6 is 23.5 Å². The molecule has 1 aliphatic rings. The van der Waals surface area contributed by atoms with Crippen LogP contribution in [0.5, 0.6) is 0 Å². The lowest BCUT2D eigenvalue weighted by atomic mass is 9.87. The van der Waals surface area contributed by atoms with E-state index < -0.39 is 0 Å². The Labute approximate surface area is 94.2 Å². The summed E-state index contributed by atoms with van der Waals surface area (Å²) in [5.41, 5.74) is 1.67. The SMILES string of the molecule is CC(C)(C)c1ccc2c(c1)SC=CS2. The second-order valence-corrected chi connectivity index (χ2v) is 6.31. The van der Waals surface area contributed by atoms with Gasteiger partial charge in [0.1, 0.15) is 0 Å². The fourth-order valence-corrected chi connectivity index (χ4v) is 3.09. The van der Waals surface area contributed by atoms with Gasteiger partial charge in [0.2, 0.25) is 0 Å². The molecule has 74 valence electrons. The van der Waals surface area contributed by atoms with Gasteiger partial charge in [0.25, 0.3) is 0 Å². The van der Waals surface area contributed by atoms with Crippen molar-refractivity contribution in [2.45, 2.75) is 36.0 Å². The molecule has 1 aliphatic heterocycles. The Balaban J connectivity index is 2.41. The summed E-state index contributed by atoms with van der Waals surface area (Å²) in [7, 11) is 0. The minimum absolute atomic E-state index is 0.251. The molecule has 0 radical (unpaired) electrons. The minimum atomic E-state index is 0.251. The summed E-state index contributed by atoms with van der Waals surface area (Å²) in [6.07, 6.45) is 0. The molecule has 0 aliphatic carbocycles. The molecule has 0 saturated heterocycles. The number of fused-ring (bicyclic) bond motifs is 1. The number of hydrogen-bond acceptors (Lipinski definition) is 2. The van der Waals surface area contributed by atoms with E-state index in [4.69, 9.17) is 0 Å². The molecular weight excluding hydrogens is 208 g/mol. The topological polar surface area (TPSA) is 0 Å². The van der Waals surface area contributed by atoms with Crippen molar-refractivity contribution in [2.75, 3.05) is 0 Å². The van der Waals surface area contributed by atoms with Gasteiger partial charge in [-0.2, -0.15) is 0 Å². The van der Waals surface area contributed by atoms with E-state index in [1.807, 2.05) is 11.8 Å². The number of thioether (sulfide) groups is 2. The third kappa shape index (κ3) is 2.01. The summed E-state index contributed by atoms with van der Waals surface area (Å²) in [6.45, 7) is 6.77. The van der Waals surface area contributed by atoms with Crippen molar-refractivity contribution in [3.8, 4) is 0 Å². The Morgan fingerprint density at radius 2 is 1.57 bits per heavy atom. The van der Waals surface area contributed by atoms with Crippen molar-refractivity contribution in [1.29, 1.82) is 0 Å². The predicted octanol–water partition coefficient (Wildman–Crippen LogP) is 4.65. The highest BCUT2D eigenvalue weighted by Gasteiger charge is 2.16. The van der Waals surface area contributed by atoms with Crippen molar-refractivity contribution in [1.82, 2.24) is 0 Å². The molecule has 2 rings (SSSR count). The first kappa shape index (κ1) is 10.2. The van der Waals surface area contributed by atoms with Gasteiger partial charge in [-0.05, 0) is 33.9 Å². The molecule has 1 aromatic carbocycles. The Morgan fingerprint density at radius 3 is 2.21 bits per heavy atom. The van der Waals surface area contributed by atoms with Crippen LogP contribution in [0, 0.1) is 0 Å². The highest BCUT2D eigenvalue weighted by atomic mass is 32.2. The highest BCUT2D eigenvalue weighted by Crippen LogP contribution is 2.39. The lowest BCUT2D eigenvalue weighted by Crippen LogP contribution is -2.10. The normalized spacial score (nSPS) is 15.4. The average molecular weight is 222 g/mol. The van der Waals surface area contributed by atoms with E-state index >= 15 is 0 Å². The molecular formula is C12H14S2. The van der Waals surface area contributed by atoms with E-state index in [1.165, 1.54) is 15.4 Å². The first-order chi connectivity index (χ1) is 6.57. The lowest BCUT2D eigenvalue weighted by Gasteiger charge is -2.21. The molecule has 2 heteroatoms. The molecule has 0 fully saturated rings. The molecule has 0 unspecified atom stereocenters. The monoisotopic (exact) mass is 222 g/mol. The van der Waals surface area contributed by atoms with Gasteiger partial charge in [0.05, 0.1) is 0 Å². The zero-order chi connectivity index (χ0) is 10.2. The third-order valence-corrected chi connectivity index (χ3v) is 4.30. The van der Waals surface area contributed by atoms with Crippen molar-refractivity contribution in [3.63, 3.8) is 0 Å².